The van der Waals surface area contributed by atoms with Crippen molar-refractivity contribution in [1.82, 2.24) is 5.32 Å². The minimum atomic E-state index is -0.688. The summed E-state index contributed by atoms with van der Waals surface area (Å²) in [6, 6.07) is 35.9. The molecular formula is C37H29ClFN3O4S. The summed E-state index contributed by atoms with van der Waals surface area (Å²) < 4.78 is 20.0. The Hall–Kier alpha value is -5.38. The van der Waals surface area contributed by atoms with Gasteiger partial charge in [0.2, 0.25) is 5.91 Å². The molecule has 10 heteroatoms. The number of hydrogen-bond acceptors (Lipinski definition) is 5. The van der Waals surface area contributed by atoms with Crippen LogP contribution in [0.5, 0.6) is 5.75 Å². The number of methoxy groups -OCH3 is 1. The van der Waals surface area contributed by atoms with Gasteiger partial charge in [0.15, 0.2) is 0 Å². The number of rotatable bonds is 11. The van der Waals surface area contributed by atoms with Crippen LogP contribution in [0.2, 0.25) is 5.02 Å². The second kappa shape index (κ2) is 15.8. The van der Waals surface area contributed by atoms with Crippen molar-refractivity contribution in [3.63, 3.8) is 0 Å². The summed E-state index contributed by atoms with van der Waals surface area (Å²) in [7, 11) is 1.54. The fourth-order valence-corrected chi connectivity index (χ4v) is 5.78. The van der Waals surface area contributed by atoms with Crippen LogP contribution in [0.25, 0.3) is 6.08 Å². The molecule has 0 heterocycles. The van der Waals surface area contributed by atoms with Crippen molar-refractivity contribution in [2.75, 3.05) is 17.7 Å². The van der Waals surface area contributed by atoms with E-state index in [9.17, 15) is 18.8 Å². The van der Waals surface area contributed by atoms with Gasteiger partial charge in [-0.05, 0) is 72.3 Å². The number of para-hydroxylation sites is 2. The monoisotopic (exact) mass is 665 g/mol. The molecule has 236 valence electrons. The first-order chi connectivity index (χ1) is 22.8. The lowest BCUT2D eigenvalue weighted by Gasteiger charge is -2.18. The van der Waals surface area contributed by atoms with E-state index in [4.69, 9.17) is 16.3 Å². The third-order valence-electron chi connectivity index (χ3n) is 6.89. The summed E-state index contributed by atoms with van der Waals surface area (Å²) in [6.07, 6.45) is 1.20. The number of anilines is 2. The van der Waals surface area contributed by atoms with E-state index in [1.165, 1.54) is 36.0 Å². The molecule has 0 aliphatic rings. The van der Waals surface area contributed by atoms with Gasteiger partial charge in [-0.2, -0.15) is 0 Å². The molecule has 0 aliphatic heterocycles. The lowest BCUT2D eigenvalue weighted by Crippen LogP contribution is -2.30. The fraction of sp³-hybridized carbons (Fsp3) is 0.0541. The molecule has 5 rings (SSSR count). The van der Waals surface area contributed by atoms with Crippen molar-refractivity contribution in [3.8, 4) is 5.75 Å². The Kier molecular flexibility index (Phi) is 11.1. The number of ether oxygens (including phenoxy) is 1. The van der Waals surface area contributed by atoms with Crippen LogP contribution in [-0.4, -0.2) is 24.8 Å². The summed E-state index contributed by atoms with van der Waals surface area (Å²) in [4.78, 5) is 40.7. The average molecular weight is 666 g/mol. The van der Waals surface area contributed by atoms with Crippen LogP contribution in [0.15, 0.2) is 138 Å². The zero-order chi connectivity index (χ0) is 33.2. The van der Waals surface area contributed by atoms with Crippen molar-refractivity contribution in [1.29, 1.82) is 0 Å². The predicted octanol–water partition coefficient (Wildman–Crippen LogP) is 8.37. The minimum Gasteiger partial charge on any atom is -0.495 e. The average Bonchev–Trinajstić information content (AvgIpc) is 3.10. The predicted molar refractivity (Wildman–Crippen MR) is 185 cm³/mol. The summed E-state index contributed by atoms with van der Waals surface area (Å²) >= 11 is 7.55. The summed E-state index contributed by atoms with van der Waals surface area (Å²) in [5.74, 6) is -1.58. The molecule has 7 nitrogen and oxygen atoms in total. The third kappa shape index (κ3) is 8.66. The van der Waals surface area contributed by atoms with Crippen molar-refractivity contribution < 1.29 is 23.5 Å². The highest BCUT2D eigenvalue weighted by Gasteiger charge is 2.23. The molecule has 3 N–H and O–H groups in total. The maximum Gasteiger partial charge on any atom is 0.272 e. The molecular weight excluding hydrogens is 637 g/mol. The van der Waals surface area contributed by atoms with Crippen LogP contribution >= 0.6 is 23.4 Å². The highest BCUT2D eigenvalue weighted by molar-refractivity contribution is 8.00. The lowest BCUT2D eigenvalue weighted by atomic mass is 10.1. The van der Waals surface area contributed by atoms with Crippen molar-refractivity contribution in [3.05, 3.63) is 161 Å². The molecule has 5 aromatic carbocycles. The number of benzene rings is 5. The van der Waals surface area contributed by atoms with E-state index in [0.717, 1.165) is 10.5 Å². The first kappa shape index (κ1) is 33.0. The van der Waals surface area contributed by atoms with Gasteiger partial charge in [0.25, 0.3) is 11.8 Å². The number of carbonyl (C=O) groups excluding carboxylic acids is 3. The van der Waals surface area contributed by atoms with Crippen LogP contribution in [0.1, 0.15) is 26.7 Å². The van der Waals surface area contributed by atoms with Gasteiger partial charge in [-0.15, -0.1) is 11.8 Å². The van der Waals surface area contributed by atoms with Gasteiger partial charge in [-0.3, -0.25) is 14.4 Å². The van der Waals surface area contributed by atoms with Gasteiger partial charge < -0.3 is 20.7 Å². The molecule has 1 atom stereocenters. The first-order valence-corrected chi connectivity index (χ1v) is 15.7. The van der Waals surface area contributed by atoms with E-state index < -0.39 is 22.9 Å². The van der Waals surface area contributed by atoms with E-state index in [1.807, 2.05) is 42.5 Å². The Morgan fingerprint density at radius 1 is 0.787 bits per heavy atom. The van der Waals surface area contributed by atoms with E-state index in [2.05, 4.69) is 16.0 Å². The molecule has 47 heavy (non-hydrogen) atoms. The SMILES string of the molecule is COc1ccccc1NC(=O)C(Sc1ccc(NC(=O)/C(=C/c2c(F)cccc2Cl)NC(=O)c2ccccc2)cc1)c1ccccc1. The molecule has 3 amide bonds. The summed E-state index contributed by atoms with van der Waals surface area (Å²) in [6.45, 7) is 0. The summed E-state index contributed by atoms with van der Waals surface area (Å²) in [5, 5.41) is 7.77. The van der Waals surface area contributed by atoms with E-state index in [0.29, 0.717) is 22.7 Å². The van der Waals surface area contributed by atoms with E-state index in [-0.39, 0.29) is 22.2 Å². The molecule has 0 aromatic heterocycles. The summed E-state index contributed by atoms with van der Waals surface area (Å²) in [5.41, 5.74) is 1.83. The molecule has 5 aromatic rings. The highest BCUT2D eigenvalue weighted by Crippen LogP contribution is 2.37. The van der Waals surface area contributed by atoms with Crippen molar-refractivity contribution in [2.45, 2.75) is 10.1 Å². The second-order valence-electron chi connectivity index (χ2n) is 10.1. The van der Waals surface area contributed by atoms with Crippen LogP contribution in [0.4, 0.5) is 15.8 Å². The van der Waals surface area contributed by atoms with Crippen LogP contribution in [0.3, 0.4) is 0 Å². The van der Waals surface area contributed by atoms with Crippen LogP contribution in [-0.2, 0) is 9.59 Å². The number of thioether (sulfide) groups is 1. The maximum atomic E-state index is 14.6. The molecule has 0 radical (unpaired) electrons. The Morgan fingerprint density at radius 3 is 2.13 bits per heavy atom. The van der Waals surface area contributed by atoms with Gasteiger partial charge >= 0.3 is 0 Å². The van der Waals surface area contributed by atoms with Gasteiger partial charge in [-0.25, -0.2) is 4.39 Å². The van der Waals surface area contributed by atoms with Crippen molar-refractivity contribution in [2.24, 2.45) is 0 Å². The zero-order valence-electron chi connectivity index (χ0n) is 25.1. The Balaban J connectivity index is 1.35. The van der Waals surface area contributed by atoms with E-state index in [1.54, 1.807) is 73.8 Å². The quantitative estimate of drug-likeness (QED) is 0.0973. The number of nitrogens with one attached hydrogen (secondary N) is 3. The molecule has 0 aliphatic carbocycles. The second-order valence-corrected chi connectivity index (χ2v) is 11.7. The number of hydrogen-bond donors (Lipinski definition) is 3. The number of amides is 3. The number of halogens is 2. The zero-order valence-corrected chi connectivity index (χ0v) is 26.6. The Labute approximate surface area is 280 Å². The van der Waals surface area contributed by atoms with Crippen molar-refractivity contribution >= 4 is 58.5 Å². The first-order valence-electron chi connectivity index (χ1n) is 14.4. The molecule has 0 bridgehead atoms. The smallest absolute Gasteiger partial charge is 0.272 e. The van der Waals surface area contributed by atoms with Gasteiger partial charge in [0.05, 0.1) is 17.8 Å². The third-order valence-corrected chi connectivity index (χ3v) is 8.48. The Morgan fingerprint density at radius 2 is 1.45 bits per heavy atom. The normalized spacial score (nSPS) is 11.7. The largest absolute Gasteiger partial charge is 0.495 e. The van der Waals surface area contributed by atoms with Crippen LogP contribution in [0, 0.1) is 5.82 Å². The molecule has 1 unspecified atom stereocenters. The molecule has 0 spiro atoms. The topological polar surface area (TPSA) is 96.5 Å². The molecule has 0 saturated carbocycles. The molecule has 0 saturated heterocycles. The number of carbonyl (C=O) groups is 3. The van der Waals surface area contributed by atoms with Gasteiger partial charge in [-0.1, -0.05) is 78.3 Å². The van der Waals surface area contributed by atoms with Gasteiger partial charge in [0.1, 0.15) is 22.5 Å². The maximum absolute atomic E-state index is 14.6. The Bertz CT molecular complexity index is 1880. The fourth-order valence-electron chi connectivity index (χ4n) is 4.53. The standard InChI is InChI=1S/C37H29ClFN3O4S/c1-46-33-18-9-8-17-31(33)41-37(45)34(24-11-4-2-5-12-24)47-27-21-19-26(20-22-27)40-36(44)32(23-28-29(38)15-10-16-30(28)39)42-35(43)25-13-6-3-7-14-25/h2-23,34H,1H3,(H,40,44)(H,41,45)(H,42,43)/b32-23-. The lowest BCUT2D eigenvalue weighted by molar-refractivity contribution is -0.116. The van der Waals surface area contributed by atoms with Crippen LogP contribution < -0.4 is 20.7 Å². The highest BCUT2D eigenvalue weighted by atomic mass is 35.5. The molecule has 0 fully saturated rings. The minimum absolute atomic E-state index is 0.0437. The van der Waals surface area contributed by atoms with E-state index >= 15 is 0 Å². The van der Waals surface area contributed by atoms with Gasteiger partial charge in [0, 0.05) is 21.7 Å².